The Morgan fingerprint density at radius 3 is 2.40 bits per heavy atom. The summed E-state index contributed by atoms with van der Waals surface area (Å²) < 4.78 is 17.5. The van der Waals surface area contributed by atoms with Crippen LogP contribution in [-0.2, 0) is 26.5 Å². The summed E-state index contributed by atoms with van der Waals surface area (Å²) in [5.74, 6) is 0.00794. The fourth-order valence-corrected chi connectivity index (χ4v) is 5.03. The number of rotatable bonds is 6. The summed E-state index contributed by atoms with van der Waals surface area (Å²) in [6.07, 6.45) is 0.0268. The Morgan fingerprint density at radius 1 is 0.850 bits per heavy atom. The second kappa shape index (κ2) is 10.1. The monoisotopic (exact) mass is 535 g/mol. The molecule has 0 radical (unpaired) electrons. The highest BCUT2D eigenvalue weighted by Crippen LogP contribution is 2.56. The number of carbonyl (C=O) groups is 3. The van der Waals surface area contributed by atoms with Crippen molar-refractivity contribution in [2.45, 2.75) is 18.6 Å². The second-order valence-corrected chi connectivity index (χ2v) is 9.46. The normalized spacial score (nSPS) is 16.1. The maximum atomic E-state index is 12.9. The van der Waals surface area contributed by atoms with Gasteiger partial charge in [-0.15, -0.1) is 0 Å². The number of carbonyl (C=O) groups excluding carboxylic acids is 3. The molecule has 40 heavy (non-hydrogen) atoms. The van der Waals surface area contributed by atoms with E-state index in [1.54, 1.807) is 48.5 Å². The standard InChI is InChI=1S/C31H25N3O6/c32-20-10-12-24-26(16-20)39-27-17-21(11-13-25(27)31(24)23-9-5-4-8-22(23)29(36)40-31)34-30(37)33-15-14-28(35)38-18-19-6-2-1-3-7-19/h1-13,16-17H,14-15,18,32H2,(H2,33,34,37). The van der Waals surface area contributed by atoms with Crippen LogP contribution in [0.5, 0.6) is 11.5 Å². The van der Waals surface area contributed by atoms with E-state index in [9.17, 15) is 14.4 Å². The summed E-state index contributed by atoms with van der Waals surface area (Å²) in [7, 11) is 0. The maximum absolute atomic E-state index is 12.9. The molecule has 0 saturated carbocycles. The van der Waals surface area contributed by atoms with Gasteiger partial charge in [0.1, 0.15) is 18.1 Å². The van der Waals surface area contributed by atoms with Crippen molar-refractivity contribution in [3.05, 3.63) is 119 Å². The highest BCUT2D eigenvalue weighted by molar-refractivity contribution is 5.97. The minimum atomic E-state index is -1.22. The van der Waals surface area contributed by atoms with Crippen molar-refractivity contribution in [3.8, 4) is 11.5 Å². The first-order chi connectivity index (χ1) is 19.4. The number of nitrogens with two attached hydrogens (primary N) is 1. The van der Waals surface area contributed by atoms with Crippen molar-refractivity contribution < 1.29 is 28.6 Å². The zero-order valence-corrected chi connectivity index (χ0v) is 21.3. The number of urea groups is 1. The lowest BCUT2D eigenvalue weighted by molar-refractivity contribution is -0.144. The molecule has 200 valence electrons. The minimum absolute atomic E-state index is 0.0268. The Kier molecular flexibility index (Phi) is 6.31. The summed E-state index contributed by atoms with van der Waals surface area (Å²) in [6, 6.07) is 26.4. The van der Waals surface area contributed by atoms with Gasteiger partial charge in [0, 0.05) is 46.7 Å². The number of amides is 2. The fourth-order valence-electron chi connectivity index (χ4n) is 5.03. The Bertz CT molecular complexity index is 1640. The fraction of sp³-hybridized carbons (Fsp3) is 0.129. The molecule has 0 bridgehead atoms. The third-order valence-electron chi connectivity index (χ3n) is 6.85. The van der Waals surface area contributed by atoms with Gasteiger partial charge in [0.25, 0.3) is 0 Å². The molecule has 9 nitrogen and oxygen atoms in total. The van der Waals surface area contributed by atoms with Gasteiger partial charge in [0.15, 0.2) is 5.60 Å². The smallest absolute Gasteiger partial charge is 0.340 e. The SMILES string of the molecule is Nc1ccc2c(c1)Oc1cc(NC(=O)NCCC(=O)OCc3ccccc3)ccc1C21OC(=O)c2ccccc21. The number of ether oxygens (including phenoxy) is 3. The number of hydrogen-bond acceptors (Lipinski definition) is 7. The first-order valence-electron chi connectivity index (χ1n) is 12.7. The molecule has 4 aromatic rings. The zero-order chi connectivity index (χ0) is 27.7. The predicted octanol–water partition coefficient (Wildman–Crippen LogP) is 5.09. The van der Waals surface area contributed by atoms with E-state index >= 15 is 0 Å². The van der Waals surface area contributed by atoms with Gasteiger partial charge in [-0.2, -0.15) is 0 Å². The molecule has 0 saturated heterocycles. The lowest BCUT2D eigenvalue weighted by atomic mass is 9.77. The molecule has 1 spiro atoms. The first kappa shape index (κ1) is 25.0. The Balaban J connectivity index is 1.17. The molecule has 1 atom stereocenters. The summed E-state index contributed by atoms with van der Waals surface area (Å²) in [5, 5.41) is 5.40. The lowest BCUT2D eigenvalue weighted by Crippen LogP contribution is -2.33. The van der Waals surface area contributed by atoms with Crippen molar-refractivity contribution in [3.63, 3.8) is 0 Å². The first-order valence-corrected chi connectivity index (χ1v) is 12.7. The van der Waals surface area contributed by atoms with E-state index in [4.69, 9.17) is 19.9 Å². The molecule has 9 heteroatoms. The van der Waals surface area contributed by atoms with Gasteiger partial charge in [0.05, 0.1) is 12.0 Å². The number of anilines is 2. The van der Waals surface area contributed by atoms with Crippen LogP contribution in [-0.4, -0.2) is 24.5 Å². The van der Waals surface area contributed by atoms with Crippen LogP contribution in [0.25, 0.3) is 0 Å². The van der Waals surface area contributed by atoms with Gasteiger partial charge in [-0.3, -0.25) is 4.79 Å². The van der Waals surface area contributed by atoms with Crippen LogP contribution in [0.3, 0.4) is 0 Å². The average molecular weight is 536 g/mol. The molecule has 2 amide bonds. The second-order valence-electron chi connectivity index (χ2n) is 9.46. The molecule has 2 heterocycles. The topological polar surface area (TPSA) is 129 Å². The molecule has 4 N–H and O–H groups in total. The van der Waals surface area contributed by atoms with E-state index in [1.165, 1.54) is 0 Å². The number of hydrogen-bond donors (Lipinski definition) is 3. The number of fused-ring (bicyclic) bond motifs is 6. The van der Waals surface area contributed by atoms with E-state index in [0.29, 0.717) is 45.1 Å². The van der Waals surface area contributed by atoms with E-state index in [1.807, 2.05) is 42.5 Å². The van der Waals surface area contributed by atoms with Gasteiger partial charge in [-0.25, -0.2) is 9.59 Å². The molecule has 4 aromatic carbocycles. The van der Waals surface area contributed by atoms with Gasteiger partial charge in [-0.1, -0.05) is 48.5 Å². The van der Waals surface area contributed by atoms with E-state index in [-0.39, 0.29) is 19.6 Å². The summed E-state index contributed by atoms with van der Waals surface area (Å²) in [6.45, 7) is 0.278. The molecule has 2 aliphatic rings. The van der Waals surface area contributed by atoms with Gasteiger partial charge < -0.3 is 30.6 Å². The van der Waals surface area contributed by atoms with Crippen LogP contribution < -0.4 is 21.1 Å². The number of nitrogens with one attached hydrogen (secondary N) is 2. The number of esters is 2. The van der Waals surface area contributed by atoms with Gasteiger partial charge >= 0.3 is 18.0 Å². The van der Waals surface area contributed by atoms with Crippen LogP contribution in [0.1, 0.15) is 39.0 Å². The van der Waals surface area contributed by atoms with E-state index in [2.05, 4.69) is 10.6 Å². The Hall–Kier alpha value is -5.31. The van der Waals surface area contributed by atoms with E-state index < -0.39 is 23.6 Å². The molecule has 6 rings (SSSR count). The van der Waals surface area contributed by atoms with Gasteiger partial charge in [-0.05, 0) is 35.9 Å². The highest BCUT2D eigenvalue weighted by Gasteiger charge is 2.53. The van der Waals surface area contributed by atoms with Crippen LogP contribution in [0.15, 0.2) is 91.0 Å². The van der Waals surface area contributed by atoms with Crippen LogP contribution >= 0.6 is 0 Å². The molecule has 0 aromatic heterocycles. The van der Waals surface area contributed by atoms with Crippen molar-refractivity contribution in [1.82, 2.24) is 5.32 Å². The summed E-state index contributed by atoms with van der Waals surface area (Å²) in [4.78, 5) is 37.5. The van der Waals surface area contributed by atoms with Gasteiger partial charge in [0.2, 0.25) is 0 Å². The van der Waals surface area contributed by atoms with Crippen molar-refractivity contribution in [2.75, 3.05) is 17.6 Å². The Morgan fingerprint density at radius 2 is 1.57 bits per heavy atom. The van der Waals surface area contributed by atoms with Crippen LogP contribution in [0.4, 0.5) is 16.2 Å². The highest BCUT2D eigenvalue weighted by atomic mass is 16.6. The molecule has 0 aliphatic carbocycles. The van der Waals surface area contributed by atoms with Crippen molar-refractivity contribution in [2.24, 2.45) is 0 Å². The van der Waals surface area contributed by atoms with Crippen molar-refractivity contribution >= 4 is 29.3 Å². The minimum Gasteiger partial charge on any atom is -0.461 e. The average Bonchev–Trinajstić information content (AvgIpc) is 3.25. The Labute approximate surface area is 229 Å². The summed E-state index contributed by atoms with van der Waals surface area (Å²) >= 11 is 0. The summed E-state index contributed by atoms with van der Waals surface area (Å²) in [5.41, 5.74) is 9.10. The third kappa shape index (κ3) is 4.47. The van der Waals surface area contributed by atoms with Crippen LogP contribution in [0, 0.1) is 0 Å². The van der Waals surface area contributed by atoms with E-state index in [0.717, 1.165) is 5.56 Å². The zero-order valence-electron chi connectivity index (χ0n) is 21.3. The van der Waals surface area contributed by atoms with Crippen LogP contribution in [0.2, 0.25) is 0 Å². The number of benzene rings is 4. The molecule has 2 aliphatic heterocycles. The quantitative estimate of drug-likeness (QED) is 0.232. The lowest BCUT2D eigenvalue weighted by Gasteiger charge is -2.36. The van der Waals surface area contributed by atoms with Crippen molar-refractivity contribution in [1.29, 1.82) is 0 Å². The number of nitrogen functional groups attached to an aromatic ring is 1. The third-order valence-corrected chi connectivity index (χ3v) is 6.85. The molecule has 1 unspecified atom stereocenters. The molecular weight excluding hydrogens is 510 g/mol. The molecular formula is C31H25N3O6. The predicted molar refractivity (Wildman–Crippen MR) is 147 cm³/mol. The maximum Gasteiger partial charge on any atom is 0.340 e. The largest absolute Gasteiger partial charge is 0.461 e. The molecule has 0 fully saturated rings.